The lowest BCUT2D eigenvalue weighted by Crippen LogP contribution is -2.26. The van der Waals surface area contributed by atoms with Crippen molar-refractivity contribution in [2.24, 2.45) is 0 Å². The first kappa shape index (κ1) is 26.6. The molecule has 6 nitrogen and oxygen atoms in total. The van der Waals surface area contributed by atoms with E-state index in [4.69, 9.17) is 4.74 Å². The molecule has 40 heavy (non-hydrogen) atoms. The van der Waals surface area contributed by atoms with Gasteiger partial charge in [0.05, 0.1) is 12.0 Å². The number of imidazole rings is 1. The molecule has 0 saturated heterocycles. The Morgan fingerprint density at radius 1 is 0.800 bits per heavy atom. The van der Waals surface area contributed by atoms with Gasteiger partial charge in [0, 0.05) is 31.9 Å². The Hall–Kier alpha value is -4.97. The molecule has 0 atom stereocenters. The van der Waals surface area contributed by atoms with Crippen molar-refractivity contribution in [3.8, 4) is 5.75 Å². The molecule has 0 N–H and O–H groups in total. The predicted molar refractivity (Wildman–Crippen MR) is 156 cm³/mol. The Bertz CT molecular complexity index is 1490. The third kappa shape index (κ3) is 6.72. The summed E-state index contributed by atoms with van der Waals surface area (Å²) >= 11 is 0. The van der Waals surface area contributed by atoms with Gasteiger partial charge in [0.1, 0.15) is 11.7 Å². The van der Waals surface area contributed by atoms with Gasteiger partial charge in [0.25, 0.3) is 0 Å². The fourth-order valence-corrected chi connectivity index (χ4v) is 4.63. The molecule has 0 fully saturated rings. The summed E-state index contributed by atoms with van der Waals surface area (Å²) in [6.45, 7) is 0.746. The van der Waals surface area contributed by atoms with Crippen LogP contribution >= 0.6 is 0 Å². The Morgan fingerprint density at radius 3 is 1.98 bits per heavy atom. The standard InChI is InChI=1S/C34H31N3O3/c1-36(32(38)22-17-29-24-37(25-35-29)23-26-11-5-2-6-12-26)30-18-20-31(21-19-30)40-34(39)33(27-13-7-3-8-14-27)28-15-9-4-10-16-28/h2-16,18-21,24-25,33H,17,22-23H2,1H3. The Kier molecular flexibility index (Phi) is 8.47. The maximum atomic E-state index is 13.3. The molecule has 0 unspecified atom stereocenters. The van der Waals surface area contributed by atoms with Gasteiger partial charge in [-0.1, -0.05) is 91.0 Å². The number of hydrogen-bond acceptors (Lipinski definition) is 4. The smallest absolute Gasteiger partial charge is 0.323 e. The number of anilines is 1. The maximum Gasteiger partial charge on any atom is 0.323 e. The van der Waals surface area contributed by atoms with Crippen molar-refractivity contribution in [3.05, 3.63) is 150 Å². The van der Waals surface area contributed by atoms with E-state index in [1.165, 1.54) is 5.56 Å². The molecule has 0 aliphatic heterocycles. The minimum Gasteiger partial charge on any atom is -0.426 e. The van der Waals surface area contributed by atoms with E-state index in [0.29, 0.717) is 18.6 Å². The van der Waals surface area contributed by atoms with E-state index < -0.39 is 5.92 Å². The summed E-state index contributed by atoms with van der Waals surface area (Å²) in [6, 6.07) is 36.4. The van der Waals surface area contributed by atoms with Crippen LogP contribution in [0.15, 0.2) is 128 Å². The van der Waals surface area contributed by atoms with Crippen LogP contribution in [0.25, 0.3) is 0 Å². The highest BCUT2D eigenvalue weighted by Gasteiger charge is 2.25. The van der Waals surface area contributed by atoms with Gasteiger partial charge in [0.2, 0.25) is 5.91 Å². The van der Waals surface area contributed by atoms with Gasteiger partial charge >= 0.3 is 5.97 Å². The fourth-order valence-electron chi connectivity index (χ4n) is 4.63. The van der Waals surface area contributed by atoms with E-state index in [1.807, 2.05) is 89.6 Å². The first-order valence-electron chi connectivity index (χ1n) is 13.3. The Morgan fingerprint density at radius 2 is 1.38 bits per heavy atom. The number of amides is 1. The first-order chi connectivity index (χ1) is 19.6. The monoisotopic (exact) mass is 529 g/mol. The lowest BCUT2D eigenvalue weighted by atomic mass is 9.91. The number of carbonyl (C=O) groups excluding carboxylic acids is 2. The maximum absolute atomic E-state index is 13.3. The van der Waals surface area contributed by atoms with Crippen molar-refractivity contribution in [2.45, 2.75) is 25.3 Å². The molecule has 5 aromatic rings. The van der Waals surface area contributed by atoms with Crippen LogP contribution in [0, 0.1) is 0 Å². The fraction of sp³-hybridized carbons (Fsp3) is 0.147. The molecular formula is C34H31N3O3. The van der Waals surface area contributed by atoms with Crippen LogP contribution in [-0.2, 0) is 22.6 Å². The average molecular weight is 530 g/mol. The SMILES string of the molecule is CN(C(=O)CCc1cn(Cc2ccccc2)cn1)c1ccc(OC(=O)C(c2ccccc2)c2ccccc2)cc1. The zero-order chi connectivity index (χ0) is 27.7. The van der Waals surface area contributed by atoms with Gasteiger partial charge in [-0.15, -0.1) is 0 Å². The Labute approximate surface area is 234 Å². The molecular weight excluding hydrogens is 498 g/mol. The van der Waals surface area contributed by atoms with Gasteiger partial charge in [-0.05, 0) is 47.4 Å². The number of ether oxygens (including phenoxy) is 1. The minimum atomic E-state index is -0.539. The van der Waals surface area contributed by atoms with Crippen molar-refractivity contribution in [1.82, 2.24) is 9.55 Å². The number of benzene rings is 4. The second-order valence-electron chi connectivity index (χ2n) is 9.65. The number of hydrogen-bond donors (Lipinski definition) is 0. The van der Waals surface area contributed by atoms with Crippen LogP contribution in [0.1, 0.15) is 34.7 Å². The van der Waals surface area contributed by atoms with Gasteiger partial charge in [-0.3, -0.25) is 9.59 Å². The first-order valence-corrected chi connectivity index (χ1v) is 13.3. The van der Waals surface area contributed by atoms with E-state index in [0.717, 1.165) is 29.1 Å². The molecule has 1 amide bonds. The molecule has 0 aliphatic carbocycles. The molecule has 1 heterocycles. The number of carbonyl (C=O) groups is 2. The lowest BCUT2D eigenvalue weighted by Gasteiger charge is -2.19. The highest BCUT2D eigenvalue weighted by Crippen LogP contribution is 2.28. The van der Waals surface area contributed by atoms with Crippen molar-refractivity contribution < 1.29 is 14.3 Å². The number of aromatic nitrogens is 2. The molecule has 1 aromatic heterocycles. The molecule has 0 saturated carbocycles. The molecule has 6 heteroatoms. The third-order valence-corrected chi connectivity index (χ3v) is 6.81. The van der Waals surface area contributed by atoms with Gasteiger partial charge in [-0.2, -0.15) is 0 Å². The lowest BCUT2D eigenvalue weighted by molar-refractivity contribution is -0.135. The summed E-state index contributed by atoms with van der Waals surface area (Å²) in [4.78, 5) is 32.2. The molecule has 0 radical (unpaired) electrons. The normalized spacial score (nSPS) is 10.8. The molecule has 0 bridgehead atoms. The summed E-state index contributed by atoms with van der Waals surface area (Å²) in [5.74, 6) is -0.491. The quantitative estimate of drug-likeness (QED) is 0.158. The van der Waals surface area contributed by atoms with Gasteiger partial charge in [-0.25, -0.2) is 4.98 Å². The summed E-state index contributed by atoms with van der Waals surface area (Å²) in [6.07, 6.45) is 4.69. The van der Waals surface area contributed by atoms with Crippen molar-refractivity contribution in [2.75, 3.05) is 11.9 Å². The number of esters is 1. The Balaban J connectivity index is 1.18. The molecule has 200 valence electrons. The second kappa shape index (κ2) is 12.7. The summed E-state index contributed by atoms with van der Waals surface area (Å²) in [5.41, 5.74) is 4.54. The van der Waals surface area contributed by atoms with Crippen LogP contribution in [-0.4, -0.2) is 28.5 Å². The van der Waals surface area contributed by atoms with E-state index >= 15 is 0 Å². The minimum absolute atomic E-state index is 0.0180. The molecule has 5 rings (SSSR count). The average Bonchev–Trinajstić information content (AvgIpc) is 3.45. The number of rotatable bonds is 10. The zero-order valence-corrected chi connectivity index (χ0v) is 22.4. The van der Waals surface area contributed by atoms with Gasteiger partial charge in [0.15, 0.2) is 0 Å². The molecule has 0 aliphatic rings. The van der Waals surface area contributed by atoms with E-state index in [-0.39, 0.29) is 11.9 Å². The van der Waals surface area contributed by atoms with E-state index in [9.17, 15) is 9.59 Å². The summed E-state index contributed by atoms with van der Waals surface area (Å²) < 4.78 is 7.80. The highest BCUT2D eigenvalue weighted by atomic mass is 16.5. The van der Waals surface area contributed by atoms with Crippen LogP contribution in [0.3, 0.4) is 0 Å². The van der Waals surface area contributed by atoms with Crippen molar-refractivity contribution >= 4 is 17.6 Å². The second-order valence-corrected chi connectivity index (χ2v) is 9.65. The number of nitrogens with zero attached hydrogens (tertiary/aromatic N) is 3. The van der Waals surface area contributed by atoms with E-state index in [2.05, 4.69) is 17.1 Å². The molecule has 4 aromatic carbocycles. The zero-order valence-electron chi connectivity index (χ0n) is 22.4. The van der Waals surface area contributed by atoms with Crippen LogP contribution in [0.2, 0.25) is 0 Å². The van der Waals surface area contributed by atoms with Gasteiger partial charge < -0.3 is 14.2 Å². The summed E-state index contributed by atoms with van der Waals surface area (Å²) in [7, 11) is 1.75. The summed E-state index contributed by atoms with van der Waals surface area (Å²) in [5, 5.41) is 0. The predicted octanol–water partition coefficient (Wildman–Crippen LogP) is 6.26. The number of aryl methyl sites for hydroxylation is 1. The largest absolute Gasteiger partial charge is 0.426 e. The topological polar surface area (TPSA) is 64.4 Å². The highest BCUT2D eigenvalue weighted by molar-refractivity contribution is 5.93. The van der Waals surface area contributed by atoms with E-state index in [1.54, 1.807) is 42.5 Å². The third-order valence-electron chi connectivity index (χ3n) is 6.81. The van der Waals surface area contributed by atoms with Crippen molar-refractivity contribution in [3.63, 3.8) is 0 Å². The van der Waals surface area contributed by atoms with Crippen LogP contribution < -0.4 is 9.64 Å². The van der Waals surface area contributed by atoms with Crippen molar-refractivity contribution in [1.29, 1.82) is 0 Å². The van der Waals surface area contributed by atoms with Crippen LogP contribution in [0.5, 0.6) is 5.75 Å². The molecule has 0 spiro atoms. The van der Waals surface area contributed by atoms with Crippen LogP contribution in [0.4, 0.5) is 5.69 Å².